The highest BCUT2D eigenvalue weighted by Crippen LogP contribution is 2.30. The van der Waals surface area contributed by atoms with E-state index in [1.54, 1.807) is 10.7 Å². The predicted molar refractivity (Wildman–Crippen MR) is 76.7 cm³/mol. The SMILES string of the molecule is CC(C)C(C)Cn1nnnc1-c1cccc(N)c1Cl. The Morgan fingerprint density at radius 2 is 2.05 bits per heavy atom. The molecule has 102 valence electrons. The zero-order valence-electron chi connectivity index (χ0n) is 11.3. The number of tetrazole rings is 1. The quantitative estimate of drug-likeness (QED) is 0.874. The van der Waals surface area contributed by atoms with E-state index in [1.165, 1.54) is 0 Å². The van der Waals surface area contributed by atoms with E-state index in [9.17, 15) is 0 Å². The van der Waals surface area contributed by atoms with Gasteiger partial charge >= 0.3 is 0 Å². The summed E-state index contributed by atoms with van der Waals surface area (Å²) in [5.41, 5.74) is 7.12. The van der Waals surface area contributed by atoms with E-state index in [1.807, 2.05) is 12.1 Å². The average Bonchev–Trinajstić information content (AvgIpc) is 2.80. The summed E-state index contributed by atoms with van der Waals surface area (Å²) in [5, 5.41) is 12.3. The van der Waals surface area contributed by atoms with Crippen molar-refractivity contribution in [3.63, 3.8) is 0 Å². The molecule has 19 heavy (non-hydrogen) atoms. The minimum atomic E-state index is 0.474. The van der Waals surface area contributed by atoms with Gasteiger partial charge in [-0.15, -0.1) is 5.10 Å². The summed E-state index contributed by atoms with van der Waals surface area (Å²) in [6.07, 6.45) is 0. The Kier molecular flexibility index (Phi) is 4.04. The van der Waals surface area contributed by atoms with E-state index < -0.39 is 0 Å². The van der Waals surface area contributed by atoms with Crippen molar-refractivity contribution in [1.29, 1.82) is 0 Å². The number of nitrogens with zero attached hydrogens (tertiary/aromatic N) is 4. The van der Waals surface area contributed by atoms with Gasteiger partial charge in [0.1, 0.15) is 0 Å². The topological polar surface area (TPSA) is 69.6 Å². The number of halogens is 1. The molecule has 0 radical (unpaired) electrons. The lowest BCUT2D eigenvalue weighted by Gasteiger charge is -2.16. The van der Waals surface area contributed by atoms with E-state index in [4.69, 9.17) is 17.3 Å². The fourth-order valence-corrected chi connectivity index (χ4v) is 1.94. The highest BCUT2D eigenvalue weighted by molar-refractivity contribution is 6.35. The molecule has 1 atom stereocenters. The van der Waals surface area contributed by atoms with E-state index in [-0.39, 0.29) is 0 Å². The zero-order valence-corrected chi connectivity index (χ0v) is 12.1. The molecule has 0 aliphatic heterocycles. The maximum atomic E-state index is 6.22. The van der Waals surface area contributed by atoms with Gasteiger partial charge in [0.25, 0.3) is 0 Å². The Labute approximate surface area is 117 Å². The lowest BCUT2D eigenvalue weighted by molar-refractivity contribution is 0.347. The molecule has 0 spiro atoms. The maximum Gasteiger partial charge on any atom is 0.183 e. The number of rotatable bonds is 4. The van der Waals surface area contributed by atoms with Gasteiger partial charge in [0.05, 0.1) is 10.7 Å². The lowest BCUT2D eigenvalue weighted by atomic mass is 9.98. The molecule has 2 N–H and O–H groups in total. The molecule has 6 heteroatoms. The molecule has 2 aromatic rings. The Morgan fingerprint density at radius 1 is 1.32 bits per heavy atom. The van der Waals surface area contributed by atoms with Crippen molar-refractivity contribution in [2.24, 2.45) is 11.8 Å². The minimum Gasteiger partial charge on any atom is -0.398 e. The minimum absolute atomic E-state index is 0.474. The van der Waals surface area contributed by atoms with Crippen molar-refractivity contribution in [2.45, 2.75) is 27.3 Å². The van der Waals surface area contributed by atoms with Crippen LogP contribution in [0.2, 0.25) is 5.02 Å². The van der Waals surface area contributed by atoms with Crippen LogP contribution in [0, 0.1) is 11.8 Å². The van der Waals surface area contributed by atoms with Gasteiger partial charge in [-0.3, -0.25) is 0 Å². The van der Waals surface area contributed by atoms with Gasteiger partial charge in [0.2, 0.25) is 0 Å². The second-order valence-electron chi connectivity index (χ2n) is 5.11. The molecule has 0 aliphatic carbocycles. The molecule has 0 amide bonds. The summed E-state index contributed by atoms with van der Waals surface area (Å²) < 4.78 is 1.78. The second kappa shape index (κ2) is 5.57. The zero-order chi connectivity index (χ0) is 14.0. The van der Waals surface area contributed by atoms with E-state index in [2.05, 4.69) is 36.3 Å². The van der Waals surface area contributed by atoms with E-state index >= 15 is 0 Å². The molecule has 0 fully saturated rings. The number of nitrogen functional groups attached to an aromatic ring is 1. The third kappa shape index (κ3) is 2.87. The van der Waals surface area contributed by atoms with Crippen LogP contribution in [0.1, 0.15) is 20.8 Å². The number of benzene rings is 1. The van der Waals surface area contributed by atoms with Gasteiger partial charge in [-0.2, -0.15) is 0 Å². The van der Waals surface area contributed by atoms with Crippen molar-refractivity contribution in [1.82, 2.24) is 20.2 Å². The van der Waals surface area contributed by atoms with E-state index in [0.29, 0.717) is 28.4 Å². The summed E-state index contributed by atoms with van der Waals surface area (Å²) in [5.74, 6) is 1.69. The van der Waals surface area contributed by atoms with Crippen LogP contribution in [-0.4, -0.2) is 20.2 Å². The van der Waals surface area contributed by atoms with Crippen LogP contribution in [0.15, 0.2) is 18.2 Å². The van der Waals surface area contributed by atoms with Crippen molar-refractivity contribution < 1.29 is 0 Å². The number of nitrogens with two attached hydrogens (primary N) is 1. The Balaban J connectivity index is 2.36. The predicted octanol–water partition coefficient (Wildman–Crippen LogP) is 2.87. The summed E-state index contributed by atoms with van der Waals surface area (Å²) in [4.78, 5) is 0. The van der Waals surface area contributed by atoms with Gasteiger partial charge in [-0.05, 0) is 34.4 Å². The molecule has 0 saturated carbocycles. The molecule has 1 unspecified atom stereocenters. The summed E-state index contributed by atoms with van der Waals surface area (Å²) in [7, 11) is 0. The van der Waals surface area contributed by atoms with Crippen LogP contribution in [0.3, 0.4) is 0 Å². The highest BCUT2D eigenvalue weighted by atomic mass is 35.5. The largest absolute Gasteiger partial charge is 0.398 e. The third-order valence-corrected chi connectivity index (χ3v) is 3.82. The fraction of sp³-hybridized carbons (Fsp3) is 0.462. The maximum absolute atomic E-state index is 6.22. The monoisotopic (exact) mass is 279 g/mol. The Bertz CT molecular complexity index is 564. The van der Waals surface area contributed by atoms with Gasteiger partial charge in [0, 0.05) is 12.1 Å². The Hall–Kier alpha value is -1.62. The molecular formula is C13H18ClN5. The molecule has 5 nitrogen and oxygen atoms in total. The molecule has 1 heterocycles. The van der Waals surface area contributed by atoms with Gasteiger partial charge < -0.3 is 5.73 Å². The van der Waals surface area contributed by atoms with Crippen LogP contribution < -0.4 is 5.73 Å². The van der Waals surface area contributed by atoms with Crippen molar-refractivity contribution >= 4 is 17.3 Å². The highest BCUT2D eigenvalue weighted by Gasteiger charge is 2.16. The molecule has 0 bridgehead atoms. The average molecular weight is 280 g/mol. The molecular weight excluding hydrogens is 262 g/mol. The first-order valence-corrected chi connectivity index (χ1v) is 6.69. The summed E-state index contributed by atoms with van der Waals surface area (Å²) >= 11 is 6.22. The smallest absolute Gasteiger partial charge is 0.183 e. The summed E-state index contributed by atoms with van der Waals surface area (Å²) in [6.45, 7) is 7.30. The van der Waals surface area contributed by atoms with Crippen LogP contribution in [0.25, 0.3) is 11.4 Å². The number of aromatic nitrogens is 4. The third-order valence-electron chi connectivity index (χ3n) is 3.40. The molecule has 0 aliphatic rings. The van der Waals surface area contributed by atoms with Crippen LogP contribution in [0.5, 0.6) is 0 Å². The van der Waals surface area contributed by atoms with Crippen molar-refractivity contribution in [3.8, 4) is 11.4 Å². The first-order valence-electron chi connectivity index (χ1n) is 6.31. The first kappa shape index (κ1) is 13.8. The van der Waals surface area contributed by atoms with Crippen molar-refractivity contribution in [2.75, 3.05) is 5.73 Å². The van der Waals surface area contributed by atoms with Crippen LogP contribution in [-0.2, 0) is 6.54 Å². The first-order chi connectivity index (χ1) is 9.00. The fourth-order valence-electron chi connectivity index (χ4n) is 1.73. The number of hydrogen-bond donors (Lipinski definition) is 1. The number of hydrogen-bond acceptors (Lipinski definition) is 4. The van der Waals surface area contributed by atoms with Crippen LogP contribution >= 0.6 is 11.6 Å². The Morgan fingerprint density at radius 3 is 2.74 bits per heavy atom. The molecule has 2 rings (SSSR count). The molecule has 1 aromatic heterocycles. The van der Waals surface area contributed by atoms with Gasteiger partial charge in [-0.1, -0.05) is 38.4 Å². The molecule has 0 saturated heterocycles. The second-order valence-corrected chi connectivity index (χ2v) is 5.49. The van der Waals surface area contributed by atoms with E-state index in [0.717, 1.165) is 12.1 Å². The van der Waals surface area contributed by atoms with Crippen molar-refractivity contribution in [3.05, 3.63) is 23.2 Å². The van der Waals surface area contributed by atoms with Gasteiger partial charge in [0.15, 0.2) is 5.82 Å². The standard InChI is InChI=1S/C13H18ClN5/c1-8(2)9(3)7-19-13(16-17-18-19)10-5-4-6-11(15)12(10)14/h4-6,8-9H,7,15H2,1-3H3. The normalized spacial score (nSPS) is 12.9. The van der Waals surface area contributed by atoms with Gasteiger partial charge in [-0.25, -0.2) is 4.68 Å². The summed E-state index contributed by atoms with van der Waals surface area (Å²) in [6, 6.07) is 5.49. The lowest BCUT2D eigenvalue weighted by Crippen LogP contribution is -2.15. The number of anilines is 1. The van der Waals surface area contributed by atoms with Crippen LogP contribution in [0.4, 0.5) is 5.69 Å². The molecule has 1 aromatic carbocycles.